The zero-order valence-corrected chi connectivity index (χ0v) is 13.7. The van der Waals surface area contributed by atoms with Gasteiger partial charge in [-0.1, -0.05) is 34.1 Å². The third-order valence-corrected chi connectivity index (χ3v) is 3.88. The molecule has 7 heteroatoms. The molecule has 4 nitrogen and oxygen atoms in total. The first-order valence-corrected chi connectivity index (χ1v) is 7.64. The molecule has 0 saturated heterocycles. The van der Waals surface area contributed by atoms with Crippen LogP contribution >= 0.6 is 15.9 Å². The Bertz CT molecular complexity index is 872. The van der Waals surface area contributed by atoms with E-state index >= 15 is 0 Å². The Kier molecular flexibility index (Phi) is 4.71. The van der Waals surface area contributed by atoms with Crippen LogP contribution in [0, 0.1) is 11.6 Å². The van der Waals surface area contributed by atoms with Crippen LogP contribution in [-0.2, 0) is 6.61 Å². The van der Waals surface area contributed by atoms with Crippen LogP contribution in [0.15, 0.2) is 51.5 Å². The number of carbonyl (C=O) groups excluding carboxylic acids is 1. The molecule has 0 atom stereocenters. The highest BCUT2D eigenvalue weighted by Gasteiger charge is 2.15. The van der Waals surface area contributed by atoms with Gasteiger partial charge in [0.15, 0.2) is 29.8 Å². The quantitative estimate of drug-likeness (QED) is 0.585. The third kappa shape index (κ3) is 3.35. The van der Waals surface area contributed by atoms with Gasteiger partial charge in [-0.2, -0.15) is 0 Å². The number of halogens is 3. The van der Waals surface area contributed by atoms with E-state index in [1.807, 2.05) is 24.3 Å². The molecule has 0 bridgehead atoms. The van der Waals surface area contributed by atoms with Gasteiger partial charge in [-0.05, 0) is 18.2 Å². The second kappa shape index (κ2) is 6.92. The van der Waals surface area contributed by atoms with Crippen molar-refractivity contribution in [2.45, 2.75) is 6.61 Å². The van der Waals surface area contributed by atoms with Crippen molar-refractivity contribution in [3.8, 4) is 17.1 Å². The molecule has 1 heterocycles. The van der Waals surface area contributed by atoms with Crippen molar-refractivity contribution in [2.24, 2.45) is 0 Å². The molecule has 3 aromatic rings. The lowest BCUT2D eigenvalue weighted by Gasteiger charge is -2.07. The fraction of sp³-hybridized carbons (Fsp3) is 0.0588. The molecule has 0 aliphatic carbocycles. The predicted octanol–water partition coefficient (Wildman–Crippen LogP) is 4.77. The number of ether oxygens (including phenoxy) is 1. The van der Waals surface area contributed by atoms with E-state index in [2.05, 4.69) is 20.9 Å². The lowest BCUT2D eigenvalue weighted by Crippen LogP contribution is -2.01. The van der Waals surface area contributed by atoms with Gasteiger partial charge in [0.2, 0.25) is 5.89 Å². The van der Waals surface area contributed by atoms with Crippen LogP contribution in [0.1, 0.15) is 16.2 Å². The summed E-state index contributed by atoms with van der Waals surface area (Å²) in [4.78, 5) is 14.6. The topological polar surface area (TPSA) is 52.3 Å². The standard InChI is InChI=1S/C17H10BrF2NO3/c18-12-4-2-1-3-11(12)15-7-21-16(24-15)9-23-17-13(19)5-10(8-22)6-14(17)20/h1-8H,9H2. The van der Waals surface area contributed by atoms with E-state index in [1.165, 1.54) is 6.20 Å². The summed E-state index contributed by atoms with van der Waals surface area (Å²) < 4.78 is 38.9. The van der Waals surface area contributed by atoms with Gasteiger partial charge in [0.05, 0.1) is 6.20 Å². The summed E-state index contributed by atoms with van der Waals surface area (Å²) in [6.07, 6.45) is 1.86. The predicted molar refractivity (Wildman–Crippen MR) is 85.7 cm³/mol. The normalized spacial score (nSPS) is 10.6. The van der Waals surface area contributed by atoms with Gasteiger partial charge in [-0.25, -0.2) is 13.8 Å². The molecule has 0 aliphatic heterocycles. The molecule has 0 saturated carbocycles. The summed E-state index contributed by atoms with van der Waals surface area (Å²) in [6.45, 7) is -0.251. The Morgan fingerprint density at radius 3 is 2.58 bits per heavy atom. The van der Waals surface area contributed by atoms with E-state index < -0.39 is 17.4 Å². The summed E-state index contributed by atoms with van der Waals surface area (Å²) in [6, 6.07) is 9.20. The lowest BCUT2D eigenvalue weighted by molar-refractivity contribution is 0.112. The van der Waals surface area contributed by atoms with E-state index in [9.17, 15) is 13.6 Å². The fourth-order valence-corrected chi connectivity index (χ4v) is 2.56. The Hall–Kier alpha value is -2.54. The lowest BCUT2D eigenvalue weighted by atomic mass is 10.2. The second-order valence-electron chi connectivity index (χ2n) is 4.82. The number of benzene rings is 2. The number of carbonyl (C=O) groups is 1. The number of aromatic nitrogens is 1. The smallest absolute Gasteiger partial charge is 0.232 e. The zero-order valence-electron chi connectivity index (χ0n) is 12.1. The first-order valence-electron chi connectivity index (χ1n) is 6.85. The van der Waals surface area contributed by atoms with E-state index in [-0.39, 0.29) is 18.1 Å². The molecule has 0 amide bonds. The summed E-state index contributed by atoms with van der Waals surface area (Å²) in [5, 5.41) is 0. The Morgan fingerprint density at radius 2 is 1.92 bits per heavy atom. The maximum atomic E-state index is 13.7. The van der Waals surface area contributed by atoms with Crippen molar-refractivity contribution in [1.29, 1.82) is 0 Å². The minimum Gasteiger partial charge on any atom is -0.478 e. The molecular formula is C17H10BrF2NO3. The van der Waals surface area contributed by atoms with Crippen LogP contribution in [0.5, 0.6) is 5.75 Å². The minimum atomic E-state index is -0.963. The minimum absolute atomic E-state index is 0.107. The first kappa shape index (κ1) is 16.3. The first-order chi connectivity index (χ1) is 11.6. The summed E-state index contributed by atoms with van der Waals surface area (Å²) in [5.41, 5.74) is 0.689. The van der Waals surface area contributed by atoms with Crippen molar-refractivity contribution >= 4 is 22.2 Å². The highest BCUT2D eigenvalue weighted by atomic mass is 79.9. The number of nitrogens with zero attached hydrogens (tertiary/aromatic N) is 1. The Labute approximate surface area is 144 Å². The van der Waals surface area contributed by atoms with Crippen molar-refractivity contribution < 1.29 is 22.7 Å². The van der Waals surface area contributed by atoms with Crippen molar-refractivity contribution in [3.63, 3.8) is 0 Å². The maximum absolute atomic E-state index is 13.7. The van der Waals surface area contributed by atoms with Gasteiger partial charge in [-0.15, -0.1) is 0 Å². The largest absolute Gasteiger partial charge is 0.478 e. The highest BCUT2D eigenvalue weighted by molar-refractivity contribution is 9.10. The van der Waals surface area contributed by atoms with E-state index in [1.54, 1.807) is 0 Å². The van der Waals surface area contributed by atoms with Gasteiger partial charge >= 0.3 is 0 Å². The molecule has 0 unspecified atom stereocenters. The molecule has 0 radical (unpaired) electrons. The molecule has 3 rings (SSSR count). The average Bonchev–Trinajstić information content (AvgIpc) is 3.03. The van der Waals surface area contributed by atoms with Crippen molar-refractivity contribution in [2.75, 3.05) is 0 Å². The summed E-state index contributed by atoms with van der Waals surface area (Å²) in [7, 11) is 0. The SMILES string of the molecule is O=Cc1cc(F)c(OCc2ncc(-c3ccccc3Br)o2)c(F)c1. The van der Waals surface area contributed by atoms with Crippen LogP contribution in [0.2, 0.25) is 0 Å². The van der Waals surface area contributed by atoms with E-state index in [0.717, 1.165) is 22.2 Å². The van der Waals surface area contributed by atoms with Crippen molar-refractivity contribution in [3.05, 3.63) is 70.2 Å². The van der Waals surface area contributed by atoms with Crippen LogP contribution in [0.4, 0.5) is 8.78 Å². The van der Waals surface area contributed by atoms with Gasteiger partial charge in [0.25, 0.3) is 0 Å². The second-order valence-corrected chi connectivity index (χ2v) is 5.67. The summed E-state index contributed by atoms with van der Waals surface area (Å²) in [5.74, 6) is -1.84. The van der Waals surface area contributed by atoms with Gasteiger partial charge < -0.3 is 9.15 Å². The fourth-order valence-electron chi connectivity index (χ4n) is 2.08. The van der Waals surface area contributed by atoms with Crippen LogP contribution in [-0.4, -0.2) is 11.3 Å². The molecule has 0 aliphatic rings. The molecule has 122 valence electrons. The zero-order chi connectivity index (χ0) is 17.1. The Morgan fingerprint density at radius 1 is 1.21 bits per heavy atom. The van der Waals surface area contributed by atoms with E-state index in [0.29, 0.717) is 12.0 Å². The number of rotatable bonds is 5. The molecule has 1 aromatic heterocycles. The average molecular weight is 394 g/mol. The van der Waals surface area contributed by atoms with Gasteiger partial charge in [0, 0.05) is 15.6 Å². The van der Waals surface area contributed by atoms with Gasteiger partial charge in [-0.3, -0.25) is 4.79 Å². The molecule has 24 heavy (non-hydrogen) atoms. The van der Waals surface area contributed by atoms with Crippen LogP contribution in [0.25, 0.3) is 11.3 Å². The number of hydrogen-bond acceptors (Lipinski definition) is 4. The number of hydrogen-bond donors (Lipinski definition) is 0. The molecule has 0 fully saturated rings. The third-order valence-electron chi connectivity index (χ3n) is 3.19. The summed E-state index contributed by atoms with van der Waals surface area (Å²) >= 11 is 3.40. The van der Waals surface area contributed by atoms with E-state index in [4.69, 9.17) is 9.15 Å². The van der Waals surface area contributed by atoms with Gasteiger partial charge in [0.1, 0.15) is 6.29 Å². The maximum Gasteiger partial charge on any atom is 0.232 e. The van der Waals surface area contributed by atoms with Crippen LogP contribution in [0.3, 0.4) is 0 Å². The monoisotopic (exact) mass is 393 g/mol. The molecule has 0 spiro atoms. The number of aldehydes is 1. The highest BCUT2D eigenvalue weighted by Crippen LogP contribution is 2.29. The van der Waals surface area contributed by atoms with Crippen LogP contribution < -0.4 is 4.74 Å². The molecule has 0 N–H and O–H groups in total. The number of oxazole rings is 1. The Balaban J connectivity index is 1.77. The molecule has 2 aromatic carbocycles. The molecular weight excluding hydrogens is 384 g/mol. The van der Waals surface area contributed by atoms with Crippen molar-refractivity contribution in [1.82, 2.24) is 4.98 Å².